The van der Waals surface area contributed by atoms with Crippen LogP contribution in [0.25, 0.3) is 0 Å². The molecule has 21 heavy (non-hydrogen) atoms. The monoisotopic (exact) mass is 302 g/mol. The molecule has 2 aromatic rings. The highest BCUT2D eigenvalue weighted by Gasteiger charge is 2.02. The Balaban J connectivity index is 1.80. The number of ether oxygens (including phenoxy) is 2. The van der Waals surface area contributed by atoms with Crippen LogP contribution in [0.2, 0.25) is 0 Å². The highest BCUT2D eigenvalue weighted by molar-refractivity contribution is 7.98. The summed E-state index contributed by atoms with van der Waals surface area (Å²) in [5.74, 6) is 1.67. The van der Waals surface area contributed by atoms with Crippen LogP contribution in [0.1, 0.15) is 5.56 Å². The van der Waals surface area contributed by atoms with E-state index in [-0.39, 0.29) is 5.84 Å². The van der Waals surface area contributed by atoms with E-state index in [9.17, 15) is 0 Å². The van der Waals surface area contributed by atoms with E-state index in [2.05, 4.69) is 0 Å². The fourth-order valence-corrected chi connectivity index (χ4v) is 2.32. The molecule has 110 valence electrons. The van der Waals surface area contributed by atoms with Crippen molar-refractivity contribution in [1.29, 1.82) is 5.41 Å². The standard InChI is InChI=1S/C16H18N2O2S/c1-21-15-5-3-2-4-14(15)20-11-10-19-13-8-6-12(7-9-13)16(17)18/h2-9H,10-11H2,1H3,(H3,17,18). The van der Waals surface area contributed by atoms with Gasteiger partial charge in [-0.2, -0.15) is 0 Å². The van der Waals surface area contributed by atoms with Gasteiger partial charge in [0.2, 0.25) is 0 Å². The summed E-state index contributed by atoms with van der Waals surface area (Å²) in [5, 5.41) is 7.32. The van der Waals surface area contributed by atoms with Gasteiger partial charge < -0.3 is 15.2 Å². The number of rotatable bonds is 7. The van der Waals surface area contributed by atoms with E-state index in [1.54, 1.807) is 36.0 Å². The molecular formula is C16H18N2O2S. The van der Waals surface area contributed by atoms with Crippen molar-refractivity contribution in [2.75, 3.05) is 19.5 Å². The lowest BCUT2D eigenvalue weighted by molar-refractivity contribution is 0.214. The Morgan fingerprint density at radius 2 is 1.71 bits per heavy atom. The summed E-state index contributed by atoms with van der Waals surface area (Å²) < 4.78 is 11.3. The van der Waals surface area contributed by atoms with Gasteiger partial charge in [-0.25, -0.2) is 0 Å². The first-order valence-electron chi connectivity index (χ1n) is 6.54. The number of hydrogen-bond donors (Lipinski definition) is 2. The Labute approximate surface area is 128 Å². The minimum atomic E-state index is 0.0542. The molecule has 0 aliphatic carbocycles. The van der Waals surface area contributed by atoms with Crippen LogP contribution in [-0.4, -0.2) is 25.3 Å². The highest BCUT2D eigenvalue weighted by Crippen LogP contribution is 2.26. The maximum atomic E-state index is 7.32. The molecule has 0 spiro atoms. The summed E-state index contributed by atoms with van der Waals surface area (Å²) in [6.07, 6.45) is 2.02. The van der Waals surface area contributed by atoms with Crippen LogP contribution < -0.4 is 15.2 Å². The summed E-state index contributed by atoms with van der Waals surface area (Å²) in [5.41, 5.74) is 6.09. The van der Waals surface area contributed by atoms with Crippen LogP contribution in [-0.2, 0) is 0 Å². The van der Waals surface area contributed by atoms with Gasteiger partial charge in [0.05, 0.1) is 0 Å². The predicted molar refractivity (Wildman–Crippen MR) is 86.7 cm³/mol. The second-order valence-corrected chi connectivity index (χ2v) is 5.13. The molecule has 0 fully saturated rings. The number of benzene rings is 2. The molecule has 0 saturated heterocycles. The van der Waals surface area contributed by atoms with Crippen molar-refractivity contribution in [3.05, 3.63) is 54.1 Å². The van der Waals surface area contributed by atoms with E-state index in [1.165, 1.54) is 0 Å². The quantitative estimate of drug-likeness (QED) is 0.357. The molecule has 0 saturated carbocycles. The molecule has 5 heteroatoms. The Kier molecular flexibility index (Phi) is 5.51. The summed E-state index contributed by atoms with van der Waals surface area (Å²) in [4.78, 5) is 1.11. The topological polar surface area (TPSA) is 68.3 Å². The third-order valence-electron chi connectivity index (χ3n) is 2.84. The molecular weight excluding hydrogens is 284 g/mol. The van der Waals surface area contributed by atoms with Gasteiger partial charge in [0.15, 0.2) is 0 Å². The van der Waals surface area contributed by atoms with Crippen molar-refractivity contribution in [2.45, 2.75) is 4.90 Å². The van der Waals surface area contributed by atoms with Crippen molar-refractivity contribution in [3.8, 4) is 11.5 Å². The van der Waals surface area contributed by atoms with Gasteiger partial charge in [-0.15, -0.1) is 11.8 Å². The third-order valence-corrected chi connectivity index (χ3v) is 3.62. The van der Waals surface area contributed by atoms with E-state index in [4.69, 9.17) is 20.6 Å². The Hall–Kier alpha value is -2.14. The molecule has 0 heterocycles. The van der Waals surface area contributed by atoms with E-state index in [0.717, 1.165) is 16.4 Å². The largest absolute Gasteiger partial charge is 0.490 e. The molecule has 2 rings (SSSR count). The van der Waals surface area contributed by atoms with E-state index in [0.29, 0.717) is 18.8 Å². The van der Waals surface area contributed by atoms with Gasteiger partial charge >= 0.3 is 0 Å². The van der Waals surface area contributed by atoms with Gasteiger partial charge in [0.25, 0.3) is 0 Å². The number of nitrogens with one attached hydrogen (secondary N) is 1. The second-order valence-electron chi connectivity index (χ2n) is 4.29. The molecule has 0 aromatic heterocycles. The maximum absolute atomic E-state index is 7.32. The molecule has 0 radical (unpaired) electrons. The van der Waals surface area contributed by atoms with Crippen molar-refractivity contribution >= 4 is 17.6 Å². The van der Waals surface area contributed by atoms with Gasteiger partial charge in [0, 0.05) is 10.5 Å². The molecule has 0 bridgehead atoms. The van der Waals surface area contributed by atoms with Gasteiger partial charge in [-0.05, 0) is 42.7 Å². The number of para-hydroxylation sites is 1. The minimum Gasteiger partial charge on any atom is -0.490 e. The van der Waals surface area contributed by atoms with Crippen LogP contribution in [0.15, 0.2) is 53.4 Å². The Morgan fingerprint density at radius 3 is 2.38 bits per heavy atom. The number of hydrogen-bond acceptors (Lipinski definition) is 4. The first-order valence-corrected chi connectivity index (χ1v) is 7.76. The van der Waals surface area contributed by atoms with E-state index >= 15 is 0 Å². The van der Waals surface area contributed by atoms with E-state index < -0.39 is 0 Å². The normalized spacial score (nSPS) is 10.1. The number of nitrogens with two attached hydrogens (primary N) is 1. The van der Waals surface area contributed by atoms with Gasteiger partial charge in [-0.3, -0.25) is 5.41 Å². The lowest BCUT2D eigenvalue weighted by Gasteiger charge is -2.11. The molecule has 2 aromatic carbocycles. The number of amidine groups is 1. The van der Waals surface area contributed by atoms with Crippen molar-refractivity contribution in [2.24, 2.45) is 5.73 Å². The number of thioether (sulfide) groups is 1. The van der Waals surface area contributed by atoms with E-state index in [1.807, 2.05) is 30.5 Å². The lowest BCUT2D eigenvalue weighted by atomic mass is 10.2. The molecule has 4 nitrogen and oxygen atoms in total. The van der Waals surface area contributed by atoms with Crippen LogP contribution in [0, 0.1) is 5.41 Å². The summed E-state index contributed by atoms with van der Waals surface area (Å²) in [6, 6.07) is 15.1. The summed E-state index contributed by atoms with van der Waals surface area (Å²) >= 11 is 1.66. The smallest absolute Gasteiger partial charge is 0.133 e. The van der Waals surface area contributed by atoms with Crippen LogP contribution in [0.4, 0.5) is 0 Å². The zero-order chi connectivity index (χ0) is 15.1. The zero-order valence-corrected chi connectivity index (χ0v) is 12.7. The van der Waals surface area contributed by atoms with Crippen molar-refractivity contribution < 1.29 is 9.47 Å². The fraction of sp³-hybridized carbons (Fsp3) is 0.188. The molecule has 0 atom stereocenters. The van der Waals surface area contributed by atoms with Crippen molar-refractivity contribution in [3.63, 3.8) is 0 Å². The Bertz CT molecular complexity index is 599. The maximum Gasteiger partial charge on any atom is 0.133 e. The molecule has 0 aliphatic heterocycles. The SMILES string of the molecule is CSc1ccccc1OCCOc1ccc(C(=N)N)cc1. The molecule has 0 unspecified atom stereocenters. The van der Waals surface area contributed by atoms with Crippen molar-refractivity contribution in [1.82, 2.24) is 0 Å². The van der Waals surface area contributed by atoms with Crippen LogP contribution in [0.5, 0.6) is 11.5 Å². The average molecular weight is 302 g/mol. The highest BCUT2D eigenvalue weighted by atomic mass is 32.2. The summed E-state index contributed by atoms with van der Waals surface area (Å²) in [6.45, 7) is 0.939. The second kappa shape index (κ2) is 7.59. The number of nitrogen functional groups attached to an aromatic ring is 1. The van der Waals surface area contributed by atoms with Gasteiger partial charge in [0.1, 0.15) is 30.5 Å². The van der Waals surface area contributed by atoms with Crippen LogP contribution >= 0.6 is 11.8 Å². The first-order chi connectivity index (χ1) is 10.2. The van der Waals surface area contributed by atoms with Crippen LogP contribution in [0.3, 0.4) is 0 Å². The lowest BCUT2D eigenvalue weighted by Crippen LogP contribution is -2.11. The first kappa shape index (κ1) is 15.3. The zero-order valence-electron chi connectivity index (χ0n) is 11.8. The third kappa shape index (κ3) is 4.43. The fourth-order valence-electron chi connectivity index (χ4n) is 1.78. The predicted octanol–water partition coefficient (Wildman–Crippen LogP) is 3.15. The summed E-state index contributed by atoms with van der Waals surface area (Å²) in [7, 11) is 0. The van der Waals surface area contributed by atoms with Gasteiger partial charge in [-0.1, -0.05) is 12.1 Å². The molecule has 0 aliphatic rings. The minimum absolute atomic E-state index is 0.0542. The molecule has 0 amide bonds. The Morgan fingerprint density at radius 1 is 1.05 bits per heavy atom. The molecule has 3 N–H and O–H groups in total. The average Bonchev–Trinajstić information content (AvgIpc) is 2.52.